The smallest absolute Gasteiger partial charge is 0.255 e. The lowest BCUT2D eigenvalue weighted by atomic mass is 10.1. The standard InChI is InChI=1S/C22H19FN4O2/c1-4-11-24-22(29)17-7-5-6-8-19(17)25-21(28)16-9-10-20(18(23)13-16)27-15(3)12-14(2)26-27/h1,5-10,12-13H,11H2,2-3H3,(H,24,29)(H,25,28). The largest absolute Gasteiger partial charge is 0.341 e. The van der Waals surface area contributed by atoms with Crippen molar-refractivity contribution in [2.24, 2.45) is 0 Å². The van der Waals surface area contributed by atoms with Gasteiger partial charge in [0.25, 0.3) is 11.8 Å². The molecule has 29 heavy (non-hydrogen) atoms. The minimum absolute atomic E-state index is 0.0696. The lowest BCUT2D eigenvalue weighted by molar-refractivity contribution is 0.0959. The zero-order valence-electron chi connectivity index (χ0n) is 16.0. The zero-order chi connectivity index (χ0) is 21.0. The summed E-state index contributed by atoms with van der Waals surface area (Å²) in [5.74, 6) is 0.784. The molecule has 3 rings (SSSR count). The normalized spacial score (nSPS) is 10.3. The minimum Gasteiger partial charge on any atom is -0.341 e. The number of aromatic nitrogens is 2. The molecule has 0 spiro atoms. The van der Waals surface area contributed by atoms with E-state index in [4.69, 9.17) is 6.42 Å². The van der Waals surface area contributed by atoms with Crippen LogP contribution in [0, 0.1) is 32.0 Å². The number of hydrogen-bond donors (Lipinski definition) is 2. The molecule has 1 aromatic heterocycles. The van der Waals surface area contributed by atoms with Crippen molar-refractivity contribution in [3.63, 3.8) is 0 Å². The molecule has 0 fully saturated rings. The van der Waals surface area contributed by atoms with Crippen molar-refractivity contribution in [3.05, 3.63) is 76.9 Å². The quantitative estimate of drug-likeness (QED) is 0.657. The van der Waals surface area contributed by atoms with Gasteiger partial charge in [0.2, 0.25) is 0 Å². The van der Waals surface area contributed by atoms with Crippen LogP contribution in [0.2, 0.25) is 0 Å². The maximum absolute atomic E-state index is 14.6. The molecule has 146 valence electrons. The fourth-order valence-electron chi connectivity index (χ4n) is 2.90. The van der Waals surface area contributed by atoms with Crippen molar-refractivity contribution < 1.29 is 14.0 Å². The van der Waals surface area contributed by atoms with E-state index in [9.17, 15) is 14.0 Å². The molecule has 2 amide bonds. The maximum Gasteiger partial charge on any atom is 0.255 e. The molecule has 0 bridgehead atoms. The van der Waals surface area contributed by atoms with Gasteiger partial charge < -0.3 is 10.6 Å². The molecule has 6 nitrogen and oxygen atoms in total. The van der Waals surface area contributed by atoms with Crippen LogP contribution >= 0.6 is 0 Å². The first-order valence-corrected chi connectivity index (χ1v) is 8.86. The van der Waals surface area contributed by atoms with Crippen LogP contribution in [-0.4, -0.2) is 28.1 Å². The third-order valence-electron chi connectivity index (χ3n) is 4.22. The maximum atomic E-state index is 14.6. The highest BCUT2D eigenvalue weighted by Gasteiger charge is 2.16. The van der Waals surface area contributed by atoms with E-state index in [0.717, 1.165) is 17.5 Å². The summed E-state index contributed by atoms with van der Waals surface area (Å²) in [6.45, 7) is 3.71. The number of amides is 2. The van der Waals surface area contributed by atoms with E-state index in [-0.39, 0.29) is 23.4 Å². The van der Waals surface area contributed by atoms with E-state index in [1.165, 1.54) is 16.8 Å². The number of carbonyl (C=O) groups is 2. The number of aryl methyl sites for hydroxylation is 2. The van der Waals surface area contributed by atoms with E-state index in [1.807, 2.05) is 19.9 Å². The van der Waals surface area contributed by atoms with Crippen LogP contribution < -0.4 is 10.6 Å². The monoisotopic (exact) mass is 390 g/mol. The van der Waals surface area contributed by atoms with Gasteiger partial charge in [-0.2, -0.15) is 5.10 Å². The molecule has 0 unspecified atom stereocenters. The molecule has 0 radical (unpaired) electrons. The molecule has 0 saturated heterocycles. The summed E-state index contributed by atoms with van der Waals surface area (Å²) in [6.07, 6.45) is 5.15. The Hall–Kier alpha value is -3.92. The van der Waals surface area contributed by atoms with Gasteiger partial charge >= 0.3 is 0 Å². The third kappa shape index (κ3) is 4.33. The number of hydrogen-bond acceptors (Lipinski definition) is 3. The van der Waals surface area contributed by atoms with Crippen molar-refractivity contribution in [3.8, 4) is 18.0 Å². The van der Waals surface area contributed by atoms with Crippen LogP contribution in [0.15, 0.2) is 48.5 Å². The van der Waals surface area contributed by atoms with E-state index in [1.54, 1.807) is 24.3 Å². The molecule has 2 N–H and O–H groups in total. The van der Waals surface area contributed by atoms with Crippen LogP contribution in [-0.2, 0) is 0 Å². The topological polar surface area (TPSA) is 76.0 Å². The zero-order valence-corrected chi connectivity index (χ0v) is 16.0. The van der Waals surface area contributed by atoms with Crippen molar-refractivity contribution in [1.82, 2.24) is 15.1 Å². The van der Waals surface area contributed by atoms with Gasteiger partial charge in [0, 0.05) is 11.3 Å². The summed E-state index contributed by atoms with van der Waals surface area (Å²) in [4.78, 5) is 24.8. The number of nitrogens with zero attached hydrogens (tertiary/aromatic N) is 2. The molecule has 0 saturated carbocycles. The van der Waals surface area contributed by atoms with E-state index < -0.39 is 17.6 Å². The molecule has 0 aliphatic heterocycles. The number of halogens is 1. The number of para-hydroxylation sites is 1. The summed E-state index contributed by atoms with van der Waals surface area (Å²) in [5.41, 5.74) is 2.48. The first kappa shape index (κ1) is 19.8. The minimum atomic E-state index is -0.580. The Morgan fingerprint density at radius 3 is 2.55 bits per heavy atom. The lowest BCUT2D eigenvalue weighted by Gasteiger charge is -2.12. The average Bonchev–Trinajstić information content (AvgIpc) is 3.04. The van der Waals surface area contributed by atoms with Gasteiger partial charge in [-0.15, -0.1) is 6.42 Å². The predicted molar refractivity (Wildman–Crippen MR) is 109 cm³/mol. The Balaban J connectivity index is 1.84. The summed E-state index contributed by atoms with van der Waals surface area (Å²) < 4.78 is 16.1. The van der Waals surface area contributed by atoms with Crippen molar-refractivity contribution in [2.45, 2.75) is 13.8 Å². The lowest BCUT2D eigenvalue weighted by Crippen LogP contribution is -2.25. The fourth-order valence-corrected chi connectivity index (χ4v) is 2.90. The third-order valence-corrected chi connectivity index (χ3v) is 4.22. The van der Waals surface area contributed by atoms with Gasteiger partial charge in [0.15, 0.2) is 0 Å². The number of nitrogens with one attached hydrogen (secondary N) is 2. The van der Waals surface area contributed by atoms with Crippen LogP contribution in [0.5, 0.6) is 0 Å². The van der Waals surface area contributed by atoms with Gasteiger partial charge in [-0.3, -0.25) is 9.59 Å². The second kappa shape index (κ2) is 8.40. The van der Waals surface area contributed by atoms with E-state index in [2.05, 4.69) is 21.7 Å². The van der Waals surface area contributed by atoms with Crippen LogP contribution in [0.3, 0.4) is 0 Å². The highest BCUT2D eigenvalue weighted by molar-refractivity contribution is 6.09. The molecule has 3 aromatic rings. The first-order valence-electron chi connectivity index (χ1n) is 8.86. The summed E-state index contributed by atoms with van der Waals surface area (Å²) in [5, 5.41) is 9.45. The Labute approximate surface area is 167 Å². The molecule has 1 heterocycles. The van der Waals surface area contributed by atoms with Gasteiger partial charge in [-0.25, -0.2) is 9.07 Å². The van der Waals surface area contributed by atoms with Crippen molar-refractivity contribution in [1.29, 1.82) is 0 Å². The van der Waals surface area contributed by atoms with Crippen molar-refractivity contribution >= 4 is 17.5 Å². The molecule has 0 atom stereocenters. The van der Waals surface area contributed by atoms with Crippen LogP contribution in [0.25, 0.3) is 5.69 Å². The van der Waals surface area contributed by atoms with Gasteiger partial charge in [-0.05, 0) is 50.2 Å². The SMILES string of the molecule is C#CCNC(=O)c1ccccc1NC(=O)c1ccc(-n2nc(C)cc2C)c(F)c1. The van der Waals surface area contributed by atoms with E-state index >= 15 is 0 Å². The number of rotatable bonds is 5. The summed E-state index contributed by atoms with van der Waals surface area (Å²) in [6, 6.07) is 12.5. The molecule has 7 heteroatoms. The predicted octanol–water partition coefficient (Wildman–Crippen LogP) is 3.24. The average molecular weight is 390 g/mol. The van der Waals surface area contributed by atoms with Crippen LogP contribution in [0.4, 0.5) is 10.1 Å². The van der Waals surface area contributed by atoms with Gasteiger partial charge in [0.1, 0.15) is 11.5 Å². The highest BCUT2D eigenvalue weighted by atomic mass is 19.1. The Kier molecular flexibility index (Phi) is 5.74. The summed E-state index contributed by atoms with van der Waals surface area (Å²) >= 11 is 0. The second-order valence-electron chi connectivity index (χ2n) is 6.39. The Bertz CT molecular complexity index is 1130. The Morgan fingerprint density at radius 2 is 1.90 bits per heavy atom. The second-order valence-corrected chi connectivity index (χ2v) is 6.39. The Morgan fingerprint density at radius 1 is 1.14 bits per heavy atom. The molecular formula is C22H19FN4O2. The molecule has 0 aliphatic carbocycles. The number of terminal acetylenes is 1. The van der Waals surface area contributed by atoms with Crippen molar-refractivity contribution in [2.75, 3.05) is 11.9 Å². The van der Waals surface area contributed by atoms with Crippen LogP contribution in [0.1, 0.15) is 32.1 Å². The number of benzene rings is 2. The first-order chi connectivity index (χ1) is 13.9. The number of carbonyl (C=O) groups excluding carboxylic acids is 2. The van der Waals surface area contributed by atoms with E-state index in [0.29, 0.717) is 5.69 Å². The molecular weight excluding hydrogens is 371 g/mol. The summed E-state index contributed by atoms with van der Waals surface area (Å²) in [7, 11) is 0. The molecule has 2 aromatic carbocycles. The molecule has 0 aliphatic rings. The highest BCUT2D eigenvalue weighted by Crippen LogP contribution is 2.20. The number of anilines is 1. The van der Waals surface area contributed by atoms with Gasteiger partial charge in [-0.1, -0.05) is 18.1 Å². The van der Waals surface area contributed by atoms with Gasteiger partial charge in [0.05, 0.1) is 23.5 Å². The fraction of sp³-hybridized carbons (Fsp3) is 0.136.